The lowest BCUT2D eigenvalue weighted by atomic mass is 10.1. The number of carbonyl (C=O) groups is 1. The van der Waals surface area contributed by atoms with Crippen LogP contribution in [0, 0.1) is 0 Å². The SMILES string of the molecule is CC(c1ccccc1)n1cnnc1SCc1cccc(C(N)=O)c1. The minimum absolute atomic E-state index is 0.153. The molecule has 0 aliphatic heterocycles. The predicted octanol–water partition coefficient (Wildman–Crippen LogP) is 3.28. The zero-order valence-corrected chi connectivity index (χ0v) is 14.1. The molecular weight excluding hydrogens is 320 g/mol. The number of aromatic nitrogens is 3. The third kappa shape index (κ3) is 3.65. The summed E-state index contributed by atoms with van der Waals surface area (Å²) >= 11 is 1.59. The molecule has 0 saturated carbocycles. The van der Waals surface area contributed by atoms with E-state index in [2.05, 4.69) is 33.8 Å². The van der Waals surface area contributed by atoms with Crippen LogP contribution in [-0.4, -0.2) is 20.7 Å². The molecule has 122 valence electrons. The van der Waals surface area contributed by atoms with Crippen LogP contribution in [-0.2, 0) is 5.75 Å². The minimum atomic E-state index is -0.414. The number of thioether (sulfide) groups is 1. The second-order valence-corrected chi connectivity index (χ2v) is 6.40. The second-order valence-electron chi connectivity index (χ2n) is 5.46. The quantitative estimate of drug-likeness (QED) is 0.700. The lowest BCUT2D eigenvalue weighted by Crippen LogP contribution is -2.10. The summed E-state index contributed by atoms with van der Waals surface area (Å²) in [7, 11) is 0. The number of hydrogen-bond acceptors (Lipinski definition) is 4. The lowest BCUT2D eigenvalue weighted by Gasteiger charge is -2.15. The smallest absolute Gasteiger partial charge is 0.248 e. The van der Waals surface area contributed by atoms with Crippen molar-refractivity contribution in [1.29, 1.82) is 0 Å². The van der Waals surface area contributed by atoms with E-state index in [0.29, 0.717) is 11.3 Å². The molecule has 2 aromatic carbocycles. The Balaban J connectivity index is 1.74. The summed E-state index contributed by atoms with van der Waals surface area (Å²) in [6, 6.07) is 17.7. The van der Waals surface area contributed by atoms with Gasteiger partial charge in [-0.05, 0) is 30.2 Å². The van der Waals surface area contributed by atoms with Crippen LogP contribution in [0.3, 0.4) is 0 Å². The Bertz CT molecular complexity index is 832. The predicted molar refractivity (Wildman–Crippen MR) is 94.8 cm³/mol. The molecule has 2 N–H and O–H groups in total. The van der Waals surface area contributed by atoms with Gasteiger partial charge in [0.15, 0.2) is 5.16 Å². The summed E-state index contributed by atoms with van der Waals surface area (Å²) < 4.78 is 2.05. The normalized spacial score (nSPS) is 12.0. The summed E-state index contributed by atoms with van der Waals surface area (Å²) in [4.78, 5) is 11.3. The summed E-state index contributed by atoms with van der Waals surface area (Å²) in [5.41, 5.74) is 8.08. The van der Waals surface area contributed by atoms with Crippen molar-refractivity contribution in [3.8, 4) is 0 Å². The number of rotatable bonds is 6. The Morgan fingerprint density at radius 3 is 2.75 bits per heavy atom. The highest BCUT2D eigenvalue weighted by molar-refractivity contribution is 7.98. The Kier molecular flexibility index (Phi) is 4.96. The average molecular weight is 338 g/mol. The molecule has 0 bridgehead atoms. The van der Waals surface area contributed by atoms with Gasteiger partial charge in [-0.2, -0.15) is 0 Å². The van der Waals surface area contributed by atoms with Crippen LogP contribution < -0.4 is 5.73 Å². The first-order valence-corrected chi connectivity index (χ1v) is 8.59. The first-order chi connectivity index (χ1) is 11.6. The lowest BCUT2D eigenvalue weighted by molar-refractivity contribution is 0.1000. The van der Waals surface area contributed by atoms with Gasteiger partial charge >= 0.3 is 0 Å². The molecule has 5 nitrogen and oxygen atoms in total. The fourth-order valence-corrected chi connectivity index (χ4v) is 3.39. The van der Waals surface area contributed by atoms with Gasteiger partial charge in [-0.15, -0.1) is 10.2 Å². The van der Waals surface area contributed by atoms with Gasteiger partial charge in [-0.25, -0.2) is 0 Å². The maximum Gasteiger partial charge on any atom is 0.248 e. The number of nitrogens with two attached hydrogens (primary N) is 1. The number of hydrogen-bond donors (Lipinski definition) is 1. The van der Waals surface area contributed by atoms with Crippen molar-refractivity contribution < 1.29 is 4.79 Å². The van der Waals surface area contributed by atoms with E-state index in [1.54, 1.807) is 24.2 Å². The highest BCUT2D eigenvalue weighted by Gasteiger charge is 2.13. The molecule has 1 aromatic heterocycles. The van der Waals surface area contributed by atoms with E-state index in [1.165, 1.54) is 5.56 Å². The fourth-order valence-electron chi connectivity index (χ4n) is 2.46. The van der Waals surface area contributed by atoms with Crippen molar-refractivity contribution in [1.82, 2.24) is 14.8 Å². The maximum absolute atomic E-state index is 11.3. The van der Waals surface area contributed by atoms with Gasteiger partial charge < -0.3 is 10.3 Å². The van der Waals surface area contributed by atoms with E-state index in [-0.39, 0.29) is 6.04 Å². The van der Waals surface area contributed by atoms with E-state index in [4.69, 9.17) is 5.73 Å². The molecule has 1 atom stereocenters. The highest BCUT2D eigenvalue weighted by atomic mass is 32.2. The first kappa shape index (κ1) is 16.3. The Hall–Kier alpha value is -2.60. The van der Waals surface area contributed by atoms with Crippen LogP contribution in [0.15, 0.2) is 66.1 Å². The molecule has 6 heteroatoms. The minimum Gasteiger partial charge on any atom is -0.366 e. The zero-order chi connectivity index (χ0) is 16.9. The molecule has 3 aromatic rings. The van der Waals surface area contributed by atoms with Gasteiger partial charge in [0.2, 0.25) is 5.91 Å². The molecule has 1 unspecified atom stereocenters. The summed E-state index contributed by atoms with van der Waals surface area (Å²) in [5, 5.41) is 9.11. The van der Waals surface area contributed by atoms with Gasteiger partial charge in [-0.3, -0.25) is 4.79 Å². The number of primary amides is 1. The number of carbonyl (C=O) groups excluding carboxylic acids is 1. The van der Waals surface area contributed by atoms with E-state index in [0.717, 1.165) is 10.7 Å². The Labute approximate surface area is 144 Å². The third-order valence-corrected chi connectivity index (χ3v) is 4.85. The summed E-state index contributed by atoms with van der Waals surface area (Å²) in [6.07, 6.45) is 1.75. The average Bonchev–Trinajstić information content (AvgIpc) is 3.09. The van der Waals surface area contributed by atoms with Crippen LogP contribution in [0.4, 0.5) is 0 Å². The molecular formula is C18H18N4OS. The van der Waals surface area contributed by atoms with Crippen molar-refractivity contribution in [2.45, 2.75) is 23.9 Å². The third-order valence-electron chi connectivity index (χ3n) is 3.82. The second kappa shape index (κ2) is 7.31. The molecule has 0 saturated heterocycles. The van der Waals surface area contributed by atoms with Gasteiger partial charge in [0.25, 0.3) is 0 Å². The van der Waals surface area contributed by atoms with Gasteiger partial charge in [0.1, 0.15) is 6.33 Å². The summed E-state index contributed by atoms with van der Waals surface area (Å²) in [5.74, 6) is 0.282. The molecule has 1 heterocycles. The monoisotopic (exact) mass is 338 g/mol. The molecule has 3 rings (SSSR count). The standard InChI is InChI=1S/C18H18N4OS/c1-13(15-7-3-2-4-8-15)22-12-20-21-18(22)24-11-14-6-5-9-16(10-14)17(19)23/h2-10,12-13H,11H2,1H3,(H2,19,23). The number of benzene rings is 2. The molecule has 1 amide bonds. The number of amides is 1. The molecule has 24 heavy (non-hydrogen) atoms. The van der Waals surface area contributed by atoms with Gasteiger partial charge in [0, 0.05) is 11.3 Å². The largest absolute Gasteiger partial charge is 0.366 e. The van der Waals surface area contributed by atoms with Crippen LogP contribution in [0.5, 0.6) is 0 Å². The van der Waals surface area contributed by atoms with Crippen LogP contribution >= 0.6 is 11.8 Å². The molecule has 0 radical (unpaired) electrons. The molecule has 0 aliphatic rings. The van der Waals surface area contributed by atoms with E-state index in [9.17, 15) is 4.79 Å². The van der Waals surface area contributed by atoms with Crippen molar-refractivity contribution in [3.63, 3.8) is 0 Å². The Morgan fingerprint density at radius 2 is 2.00 bits per heavy atom. The van der Waals surface area contributed by atoms with E-state index >= 15 is 0 Å². The van der Waals surface area contributed by atoms with Crippen molar-refractivity contribution in [2.75, 3.05) is 0 Å². The van der Waals surface area contributed by atoms with Gasteiger partial charge in [-0.1, -0.05) is 54.2 Å². The van der Waals surface area contributed by atoms with Crippen LogP contribution in [0.2, 0.25) is 0 Å². The van der Waals surface area contributed by atoms with Crippen molar-refractivity contribution in [3.05, 3.63) is 77.6 Å². The molecule has 0 spiro atoms. The zero-order valence-electron chi connectivity index (χ0n) is 13.3. The molecule has 0 fully saturated rings. The van der Waals surface area contributed by atoms with Crippen molar-refractivity contribution in [2.24, 2.45) is 5.73 Å². The summed E-state index contributed by atoms with van der Waals surface area (Å²) in [6.45, 7) is 2.12. The number of nitrogens with zero attached hydrogens (tertiary/aromatic N) is 3. The van der Waals surface area contributed by atoms with E-state index in [1.807, 2.05) is 36.4 Å². The van der Waals surface area contributed by atoms with Crippen molar-refractivity contribution >= 4 is 17.7 Å². The van der Waals surface area contributed by atoms with Gasteiger partial charge in [0.05, 0.1) is 6.04 Å². The maximum atomic E-state index is 11.3. The highest BCUT2D eigenvalue weighted by Crippen LogP contribution is 2.26. The first-order valence-electron chi connectivity index (χ1n) is 7.61. The van der Waals surface area contributed by atoms with Crippen LogP contribution in [0.1, 0.15) is 34.5 Å². The topological polar surface area (TPSA) is 73.8 Å². The Morgan fingerprint density at radius 1 is 1.21 bits per heavy atom. The van der Waals surface area contributed by atoms with Crippen LogP contribution in [0.25, 0.3) is 0 Å². The molecule has 0 aliphatic carbocycles. The van der Waals surface area contributed by atoms with E-state index < -0.39 is 5.91 Å². The fraction of sp³-hybridized carbons (Fsp3) is 0.167.